The van der Waals surface area contributed by atoms with Gasteiger partial charge in [0.05, 0.1) is 5.56 Å². The van der Waals surface area contributed by atoms with Crippen molar-refractivity contribution in [3.8, 4) is 0 Å². The van der Waals surface area contributed by atoms with E-state index in [4.69, 9.17) is 10.8 Å². The Balaban J connectivity index is 2.06. The molecule has 0 saturated carbocycles. The molecule has 1 aromatic carbocycles. The third-order valence-corrected chi connectivity index (χ3v) is 3.83. The predicted molar refractivity (Wildman–Crippen MR) is 79.1 cm³/mol. The normalized spacial score (nSPS) is 10.4. The van der Waals surface area contributed by atoms with Crippen LogP contribution in [0.1, 0.15) is 20.8 Å². The number of carbonyl (C=O) groups is 1. The van der Waals surface area contributed by atoms with Crippen molar-refractivity contribution in [2.75, 3.05) is 17.6 Å². The molecule has 100 valence electrons. The zero-order chi connectivity index (χ0) is 13.8. The number of nitrogen functional groups attached to an aromatic ring is 1. The van der Waals surface area contributed by atoms with E-state index in [1.54, 1.807) is 17.4 Å². The number of aromatic carboxylic acids is 1. The number of thiophene rings is 1. The highest BCUT2D eigenvalue weighted by Gasteiger charge is 2.11. The summed E-state index contributed by atoms with van der Waals surface area (Å²) in [5, 5.41) is 14.4. The molecular formula is C14H16N2O2S. The van der Waals surface area contributed by atoms with Gasteiger partial charge >= 0.3 is 5.97 Å². The Morgan fingerprint density at radius 1 is 1.47 bits per heavy atom. The van der Waals surface area contributed by atoms with Crippen LogP contribution in [-0.2, 0) is 6.42 Å². The number of hydrogen-bond acceptors (Lipinski definition) is 4. The standard InChI is InChI=1S/C14H16N2O2S/c1-9-7-10(8-12(13(9)15)14(17)18)16-5-4-11-3-2-6-19-11/h2-3,6-8,16H,4-5,15H2,1H3,(H,17,18). The summed E-state index contributed by atoms with van der Waals surface area (Å²) in [5.74, 6) is -0.998. The molecule has 2 aromatic rings. The second-order valence-corrected chi connectivity index (χ2v) is 5.35. The first-order valence-electron chi connectivity index (χ1n) is 5.97. The number of anilines is 2. The van der Waals surface area contributed by atoms with Crippen LogP contribution < -0.4 is 11.1 Å². The molecule has 1 aromatic heterocycles. The largest absolute Gasteiger partial charge is 0.478 e. The summed E-state index contributed by atoms with van der Waals surface area (Å²) >= 11 is 1.72. The van der Waals surface area contributed by atoms with Crippen molar-refractivity contribution >= 4 is 28.7 Å². The summed E-state index contributed by atoms with van der Waals surface area (Å²) in [5.41, 5.74) is 7.80. The zero-order valence-corrected chi connectivity index (χ0v) is 11.5. The lowest BCUT2D eigenvalue weighted by molar-refractivity contribution is 0.0698. The lowest BCUT2D eigenvalue weighted by Gasteiger charge is -2.11. The maximum atomic E-state index is 11.1. The van der Waals surface area contributed by atoms with Gasteiger partial charge in [-0.1, -0.05) is 6.07 Å². The Kier molecular flexibility index (Phi) is 4.06. The van der Waals surface area contributed by atoms with Crippen molar-refractivity contribution in [1.82, 2.24) is 0 Å². The number of carboxylic acid groups (broad SMARTS) is 1. The topological polar surface area (TPSA) is 75.3 Å². The van der Waals surface area contributed by atoms with Crippen molar-refractivity contribution in [2.45, 2.75) is 13.3 Å². The summed E-state index contributed by atoms with van der Waals surface area (Å²) in [6.07, 6.45) is 0.920. The lowest BCUT2D eigenvalue weighted by Crippen LogP contribution is -2.08. The molecule has 0 atom stereocenters. The van der Waals surface area contributed by atoms with Gasteiger partial charge in [0.25, 0.3) is 0 Å². The van der Waals surface area contributed by atoms with Crippen LogP contribution in [0, 0.1) is 6.92 Å². The molecule has 0 radical (unpaired) electrons. The van der Waals surface area contributed by atoms with E-state index in [2.05, 4.69) is 11.4 Å². The van der Waals surface area contributed by atoms with E-state index < -0.39 is 5.97 Å². The molecule has 4 nitrogen and oxygen atoms in total. The Bertz CT molecular complexity index is 579. The average Bonchev–Trinajstić information content (AvgIpc) is 2.86. The average molecular weight is 276 g/mol. The molecule has 0 spiro atoms. The molecule has 1 heterocycles. The van der Waals surface area contributed by atoms with Gasteiger partial charge in [0, 0.05) is 22.8 Å². The third kappa shape index (κ3) is 3.26. The van der Waals surface area contributed by atoms with Crippen LogP contribution in [0.2, 0.25) is 0 Å². The van der Waals surface area contributed by atoms with Crippen molar-refractivity contribution in [3.63, 3.8) is 0 Å². The number of nitrogens with one attached hydrogen (secondary N) is 1. The van der Waals surface area contributed by atoms with E-state index in [1.165, 1.54) is 4.88 Å². The number of aryl methyl sites for hydroxylation is 1. The first kappa shape index (κ1) is 13.4. The third-order valence-electron chi connectivity index (χ3n) is 2.90. The first-order chi connectivity index (χ1) is 9.08. The zero-order valence-electron chi connectivity index (χ0n) is 10.6. The summed E-state index contributed by atoms with van der Waals surface area (Å²) in [7, 11) is 0. The molecule has 0 aliphatic rings. The van der Waals surface area contributed by atoms with Crippen LogP contribution in [0.15, 0.2) is 29.6 Å². The second-order valence-electron chi connectivity index (χ2n) is 4.32. The van der Waals surface area contributed by atoms with Crippen molar-refractivity contribution < 1.29 is 9.90 Å². The molecule has 0 bridgehead atoms. The minimum Gasteiger partial charge on any atom is -0.478 e. The van der Waals surface area contributed by atoms with Crippen LogP contribution >= 0.6 is 11.3 Å². The molecular weight excluding hydrogens is 260 g/mol. The molecule has 5 heteroatoms. The first-order valence-corrected chi connectivity index (χ1v) is 6.85. The quantitative estimate of drug-likeness (QED) is 0.734. The SMILES string of the molecule is Cc1cc(NCCc2cccs2)cc(C(=O)O)c1N. The van der Waals surface area contributed by atoms with Gasteiger partial charge in [0.15, 0.2) is 0 Å². The molecule has 0 saturated heterocycles. The molecule has 0 aliphatic heterocycles. The van der Waals surface area contributed by atoms with E-state index in [0.717, 1.165) is 24.2 Å². The van der Waals surface area contributed by atoms with Gasteiger partial charge in [0.2, 0.25) is 0 Å². The maximum absolute atomic E-state index is 11.1. The smallest absolute Gasteiger partial charge is 0.337 e. The van der Waals surface area contributed by atoms with E-state index in [1.807, 2.05) is 24.4 Å². The van der Waals surface area contributed by atoms with E-state index >= 15 is 0 Å². The van der Waals surface area contributed by atoms with Gasteiger partial charge in [-0.25, -0.2) is 4.79 Å². The lowest BCUT2D eigenvalue weighted by atomic mass is 10.1. The molecule has 2 rings (SSSR count). The molecule has 0 fully saturated rings. The number of carboxylic acids is 1. The van der Waals surface area contributed by atoms with E-state index in [-0.39, 0.29) is 5.56 Å². The highest BCUT2D eigenvalue weighted by Crippen LogP contribution is 2.23. The summed E-state index contributed by atoms with van der Waals surface area (Å²) in [6.45, 7) is 2.58. The van der Waals surface area contributed by atoms with Crippen LogP contribution in [0.4, 0.5) is 11.4 Å². The molecule has 4 N–H and O–H groups in total. The number of rotatable bonds is 5. The Hall–Kier alpha value is -2.01. The van der Waals surface area contributed by atoms with Gasteiger partial charge in [-0.2, -0.15) is 0 Å². The molecule has 0 unspecified atom stereocenters. The van der Waals surface area contributed by atoms with Crippen LogP contribution in [-0.4, -0.2) is 17.6 Å². The van der Waals surface area contributed by atoms with Crippen molar-refractivity contribution in [1.29, 1.82) is 0 Å². The van der Waals surface area contributed by atoms with Crippen LogP contribution in [0.25, 0.3) is 0 Å². The van der Waals surface area contributed by atoms with E-state index in [9.17, 15) is 4.79 Å². The van der Waals surface area contributed by atoms with Gasteiger partial charge in [-0.05, 0) is 42.5 Å². The highest BCUT2D eigenvalue weighted by atomic mass is 32.1. The fourth-order valence-electron chi connectivity index (χ4n) is 1.86. The molecule has 19 heavy (non-hydrogen) atoms. The van der Waals surface area contributed by atoms with Gasteiger partial charge < -0.3 is 16.2 Å². The second kappa shape index (κ2) is 5.75. The fourth-order valence-corrected chi connectivity index (χ4v) is 2.57. The minimum absolute atomic E-state index is 0.152. The predicted octanol–water partition coefficient (Wildman–Crippen LogP) is 2.99. The maximum Gasteiger partial charge on any atom is 0.337 e. The summed E-state index contributed by atoms with van der Waals surface area (Å²) < 4.78 is 0. The number of nitrogens with two attached hydrogens (primary N) is 1. The fraction of sp³-hybridized carbons (Fsp3) is 0.214. The number of hydrogen-bond donors (Lipinski definition) is 3. The minimum atomic E-state index is -0.998. The van der Waals surface area contributed by atoms with Gasteiger partial charge in [0.1, 0.15) is 0 Å². The van der Waals surface area contributed by atoms with Gasteiger partial charge in [-0.3, -0.25) is 0 Å². The molecule has 0 amide bonds. The molecule has 0 aliphatic carbocycles. The monoisotopic (exact) mass is 276 g/mol. The Labute approximate surface area is 115 Å². The van der Waals surface area contributed by atoms with Crippen molar-refractivity contribution in [2.24, 2.45) is 0 Å². The van der Waals surface area contributed by atoms with Crippen molar-refractivity contribution in [3.05, 3.63) is 45.6 Å². The Morgan fingerprint density at radius 3 is 2.89 bits per heavy atom. The van der Waals surface area contributed by atoms with E-state index in [0.29, 0.717) is 5.69 Å². The summed E-state index contributed by atoms with van der Waals surface area (Å²) in [4.78, 5) is 12.4. The highest BCUT2D eigenvalue weighted by molar-refractivity contribution is 7.09. The van der Waals surface area contributed by atoms with Crippen LogP contribution in [0.3, 0.4) is 0 Å². The van der Waals surface area contributed by atoms with Gasteiger partial charge in [-0.15, -0.1) is 11.3 Å². The van der Waals surface area contributed by atoms with Crippen LogP contribution in [0.5, 0.6) is 0 Å². The Morgan fingerprint density at radius 2 is 2.26 bits per heavy atom. The summed E-state index contributed by atoms with van der Waals surface area (Å²) in [6, 6.07) is 7.56. The number of benzene rings is 1.